The van der Waals surface area contributed by atoms with Crippen molar-refractivity contribution in [3.05, 3.63) is 94.8 Å². The monoisotopic (exact) mass is 586 g/mol. The molecule has 2 fully saturated rings. The first-order chi connectivity index (χ1) is 19.2. The van der Waals surface area contributed by atoms with Crippen LogP contribution in [-0.2, 0) is 21.9 Å². The Hall–Kier alpha value is -2.98. The van der Waals surface area contributed by atoms with E-state index in [2.05, 4.69) is 5.32 Å². The molecular formula is C30H29F3N2O3S2. The van der Waals surface area contributed by atoms with E-state index >= 15 is 0 Å². The molecule has 0 radical (unpaired) electrons. The van der Waals surface area contributed by atoms with Crippen molar-refractivity contribution < 1.29 is 26.4 Å². The van der Waals surface area contributed by atoms with Crippen LogP contribution in [0.4, 0.5) is 18.9 Å². The largest absolute Gasteiger partial charge is 0.349 e. The van der Waals surface area contributed by atoms with E-state index in [1.54, 1.807) is 42.1 Å². The minimum absolute atomic E-state index is 0.0138. The molecule has 2 atom stereocenters. The van der Waals surface area contributed by atoms with Crippen molar-refractivity contribution >= 4 is 33.4 Å². The van der Waals surface area contributed by atoms with E-state index in [0.717, 1.165) is 36.3 Å². The van der Waals surface area contributed by atoms with Crippen molar-refractivity contribution in [3.63, 3.8) is 0 Å². The number of halogens is 3. The van der Waals surface area contributed by atoms with Crippen LogP contribution < -0.4 is 9.62 Å². The molecule has 0 aromatic heterocycles. The highest BCUT2D eigenvalue weighted by atomic mass is 32.2. The number of benzene rings is 3. The third kappa shape index (κ3) is 5.11. The number of thioether (sulfide) groups is 1. The molecule has 10 heteroatoms. The maximum atomic E-state index is 13.8. The predicted molar refractivity (Wildman–Crippen MR) is 150 cm³/mol. The van der Waals surface area contributed by atoms with Gasteiger partial charge >= 0.3 is 0 Å². The zero-order valence-electron chi connectivity index (χ0n) is 21.7. The summed E-state index contributed by atoms with van der Waals surface area (Å²) in [6.07, 6.45) is 1.02. The van der Waals surface area contributed by atoms with Crippen molar-refractivity contribution in [3.8, 4) is 0 Å². The maximum absolute atomic E-state index is 13.8. The Balaban J connectivity index is 1.38. The Morgan fingerprint density at radius 1 is 1.07 bits per heavy atom. The number of anilines is 1. The summed E-state index contributed by atoms with van der Waals surface area (Å²) in [6.45, 7) is 0.170. The van der Waals surface area contributed by atoms with Gasteiger partial charge in [-0.2, -0.15) is 11.8 Å². The molecule has 0 bridgehead atoms. The Morgan fingerprint density at radius 3 is 2.55 bits per heavy atom. The molecular weight excluding hydrogens is 557 g/mol. The predicted octanol–water partition coefficient (Wildman–Crippen LogP) is 6.24. The van der Waals surface area contributed by atoms with Gasteiger partial charge in [0.1, 0.15) is 5.82 Å². The number of fused-ring (bicyclic) bond motifs is 2. The van der Waals surface area contributed by atoms with E-state index in [1.807, 2.05) is 6.07 Å². The van der Waals surface area contributed by atoms with Gasteiger partial charge < -0.3 is 5.32 Å². The molecule has 1 spiro atoms. The van der Waals surface area contributed by atoms with E-state index in [1.165, 1.54) is 22.5 Å². The van der Waals surface area contributed by atoms with Gasteiger partial charge in [-0.1, -0.05) is 24.3 Å². The summed E-state index contributed by atoms with van der Waals surface area (Å²) in [4.78, 5) is 12.9. The van der Waals surface area contributed by atoms with Crippen molar-refractivity contribution in [2.45, 2.75) is 60.1 Å². The van der Waals surface area contributed by atoms with E-state index in [4.69, 9.17) is 0 Å². The van der Waals surface area contributed by atoms with Gasteiger partial charge in [-0.15, -0.1) is 0 Å². The van der Waals surface area contributed by atoms with Crippen LogP contribution in [0, 0.1) is 5.82 Å². The molecule has 1 aliphatic carbocycles. The normalized spacial score (nSPS) is 22.5. The third-order valence-electron chi connectivity index (χ3n) is 8.15. The lowest BCUT2D eigenvalue weighted by molar-refractivity contribution is 0.0951. The van der Waals surface area contributed by atoms with Gasteiger partial charge in [-0.05, 0) is 91.4 Å². The van der Waals surface area contributed by atoms with Crippen LogP contribution in [0.5, 0.6) is 0 Å². The average molecular weight is 587 g/mol. The van der Waals surface area contributed by atoms with E-state index in [-0.39, 0.29) is 34.2 Å². The molecule has 1 saturated heterocycles. The number of hydrogen-bond donors (Lipinski definition) is 1. The highest BCUT2D eigenvalue weighted by molar-refractivity contribution is 7.99. The van der Waals surface area contributed by atoms with Gasteiger partial charge in [0.25, 0.3) is 22.4 Å². The standard InChI is InChI=1S/C30H29F3N2O3S2/c31-21-6-10-24(11-7-21)40(37,38)35-18-30(26-16-20(5-12-27(26)35)29(36)34-22-8-9-22)13-14-39-23(17-30)15-19-3-1-2-4-25(19)28(32)33/h1-7,10-12,16,22-23,28H,8-9,13-15,17-18H2,(H,34,36). The lowest BCUT2D eigenvalue weighted by Gasteiger charge is -2.39. The molecule has 5 nitrogen and oxygen atoms in total. The number of nitrogens with one attached hydrogen (secondary N) is 1. The summed E-state index contributed by atoms with van der Waals surface area (Å²) in [6, 6.07) is 16.7. The second-order valence-electron chi connectivity index (χ2n) is 10.9. The summed E-state index contributed by atoms with van der Waals surface area (Å²) < 4.78 is 70.1. The van der Waals surface area contributed by atoms with Crippen LogP contribution in [0.3, 0.4) is 0 Å². The average Bonchev–Trinajstić information content (AvgIpc) is 3.70. The van der Waals surface area contributed by atoms with Crippen molar-refractivity contribution in [1.29, 1.82) is 0 Å². The molecule has 1 N–H and O–H groups in total. The highest BCUT2D eigenvalue weighted by Crippen LogP contribution is 2.52. The van der Waals surface area contributed by atoms with Crippen LogP contribution >= 0.6 is 11.8 Å². The topological polar surface area (TPSA) is 66.5 Å². The van der Waals surface area contributed by atoms with E-state index < -0.39 is 27.7 Å². The first kappa shape index (κ1) is 27.2. The quantitative estimate of drug-likeness (QED) is 0.356. The maximum Gasteiger partial charge on any atom is 0.264 e. The Bertz CT molecular complexity index is 1540. The van der Waals surface area contributed by atoms with Crippen LogP contribution in [-0.4, -0.2) is 37.9 Å². The molecule has 3 aliphatic rings. The number of sulfonamides is 1. The minimum Gasteiger partial charge on any atom is -0.349 e. The molecule has 3 aromatic rings. The van der Waals surface area contributed by atoms with Crippen LogP contribution in [0.15, 0.2) is 71.6 Å². The van der Waals surface area contributed by atoms with Crippen LogP contribution in [0.1, 0.15) is 59.2 Å². The second kappa shape index (κ2) is 10.4. The summed E-state index contributed by atoms with van der Waals surface area (Å²) in [5, 5.41) is 2.99. The number of hydrogen-bond acceptors (Lipinski definition) is 4. The molecule has 1 saturated carbocycles. The molecule has 6 rings (SSSR count). The van der Waals surface area contributed by atoms with Gasteiger partial charge in [-0.25, -0.2) is 21.6 Å². The molecule has 210 valence electrons. The van der Waals surface area contributed by atoms with Crippen molar-refractivity contribution in [2.75, 3.05) is 16.6 Å². The van der Waals surface area contributed by atoms with E-state index in [9.17, 15) is 26.4 Å². The number of nitrogens with zero attached hydrogens (tertiary/aromatic N) is 1. The summed E-state index contributed by atoms with van der Waals surface area (Å²) in [7, 11) is -4.02. The minimum atomic E-state index is -4.02. The number of rotatable bonds is 7. The fraction of sp³-hybridized carbons (Fsp3) is 0.367. The Labute approximate surface area is 236 Å². The first-order valence-electron chi connectivity index (χ1n) is 13.4. The van der Waals surface area contributed by atoms with Gasteiger partial charge in [0.2, 0.25) is 0 Å². The molecule has 1 amide bonds. The first-order valence-corrected chi connectivity index (χ1v) is 15.9. The zero-order valence-corrected chi connectivity index (χ0v) is 23.3. The fourth-order valence-electron chi connectivity index (χ4n) is 5.92. The van der Waals surface area contributed by atoms with Gasteiger partial charge in [0, 0.05) is 34.4 Å². The van der Waals surface area contributed by atoms with E-state index in [0.29, 0.717) is 36.1 Å². The van der Waals surface area contributed by atoms with Crippen LogP contribution in [0.25, 0.3) is 0 Å². The lowest BCUT2D eigenvalue weighted by Crippen LogP contribution is -2.41. The molecule has 2 heterocycles. The SMILES string of the molecule is O=C(NC1CC1)c1ccc2c(c1)C1(CCSC(Cc3ccccc3C(F)F)C1)CN2S(=O)(=O)c1ccc(F)cc1. The van der Waals surface area contributed by atoms with Gasteiger partial charge in [0.05, 0.1) is 10.6 Å². The Kier molecular flexibility index (Phi) is 7.11. The molecule has 40 heavy (non-hydrogen) atoms. The Morgan fingerprint density at radius 2 is 1.82 bits per heavy atom. The fourth-order valence-corrected chi connectivity index (χ4v) is 9.07. The number of alkyl halides is 2. The molecule has 2 unspecified atom stereocenters. The summed E-state index contributed by atoms with van der Waals surface area (Å²) >= 11 is 1.71. The van der Waals surface area contributed by atoms with Crippen LogP contribution in [0.2, 0.25) is 0 Å². The number of carbonyl (C=O) groups excluding carboxylic acids is 1. The highest BCUT2D eigenvalue weighted by Gasteiger charge is 2.49. The van der Waals surface area contributed by atoms with Crippen molar-refractivity contribution in [2.24, 2.45) is 0 Å². The number of carbonyl (C=O) groups is 1. The van der Waals surface area contributed by atoms with Crippen molar-refractivity contribution in [1.82, 2.24) is 5.32 Å². The lowest BCUT2D eigenvalue weighted by atomic mass is 9.74. The molecule has 2 aliphatic heterocycles. The third-order valence-corrected chi connectivity index (χ3v) is 11.2. The zero-order chi connectivity index (χ0) is 28.1. The summed E-state index contributed by atoms with van der Waals surface area (Å²) in [5.74, 6) is 0.0110. The van der Waals surface area contributed by atoms with Gasteiger partial charge in [-0.3, -0.25) is 9.10 Å². The molecule has 3 aromatic carbocycles. The number of amides is 1. The second-order valence-corrected chi connectivity index (χ2v) is 14.1. The summed E-state index contributed by atoms with van der Waals surface area (Å²) in [5.41, 5.74) is 1.80. The smallest absolute Gasteiger partial charge is 0.264 e. The van der Waals surface area contributed by atoms with Gasteiger partial charge in [0.15, 0.2) is 0 Å².